The Morgan fingerprint density at radius 2 is 1.84 bits per heavy atom. The van der Waals surface area contributed by atoms with Crippen LogP contribution in [0.1, 0.15) is 12.5 Å². The highest BCUT2D eigenvalue weighted by Gasteiger charge is 2.31. The molecule has 3 rings (SSSR count). The average Bonchev–Trinajstić information content (AvgIpc) is 3.39. The number of carbonyl (C=O) groups excluding carboxylic acids is 2. The summed E-state index contributed by atoms with van der Waals surface area (Å²) in [7, 11) is 1.44. The third-order valence-corrected chi connectivity index (χ3v) is 4.83. The van der Waals surface area contributed by atoms with Crippen LogP contribution in [0.5, 0.6) is 5.75 Å². The first-order chi connectivity index (χ1) is 18.0. The monoisotopic (exact) mass is 530 g/mol. The van der Waals surface area contributed by atoms with Crippen LogP contribution in [0.25, 0.3) is 5.69 Å². The van der Waals surface area contributed by atoms with Crippen molar-refractivity contribution in [3.63, 3.8) is 0 Å². The molecule has 0 aliphatic heterocycles. The highest BCUT2D eigenvalue weighted by Crippen LogP contribution is 2.33. The molecule has 9 nitrogen and oxygen atoms in total. The van der Waals surface area contributed by atoms with Crippen LogP contribution in [0.2, 0.25) is 0 Å². The lowest BCUT2D eigenvalue weighted by Crippen LogP contribution is -2.22. The summed E-state index contributed by atoms with van der Waals surface area (Å²) >= 11 is 0. The van der Waals surface area contributed by atoms with Gasteiger partial charge in [-0.3, -0.25) is 4.79 Å². The Morgan fingerprint density at radius 1 is 1.11 bits per heavy atom. The molecule has 13 heteroatoms. The summed E-state index contributed by atoms with van der Waals surface area (Å²) in [6.07, 6.45) is 2.56. The predicted molar refractivity (Wildman–Crippen MR) is 132 cm³/mol. The number of halogens is 4. The molecule has 1 heterocycles. The van der Waals surface area contributed by atoms with Crippen LogP contribution in [-0.4, -0.2) is 34.0 Å². The highest BCUT2D eigenvalue weighted by atomic mass is 19.4. The van der Waals surface area contributed by atoms with E-state index in [0.29, 0.717) is 0 Å². The van der Waals surface area contributed by atoms with E-state index in [0.717, 1.165) is 28.9 Å². The Morgan fingerprint density at radius 3 is 2.45 bits per heavy atom. The molecule has 198 valence electrons. The van der Waals surface area contributed by atoms with E-state index in [2.05, 4.69) is 32.8 Å². The molecule has 0 spiro atoms. The maximum atomic E-state index is 14.7. The van der Waals surface area contributed by atoms with E-state index in [4.69, 9.17) is 4.74 Å². The molecule has 3 aromatic rings. The molecule has 0 fully saturated rings. The van der Waals surface area contributed by atoms with Crippen molar-refractivity contribution in [2.45, 2.75) is 13.1 Å². The molecule has 3 N–H and O–H groups in total. The number of allylic oxidation sites excluding steroid dienone is 2. The molecule has 3 amide bonds. The minimum absolute atomic E-state index is 0.0499. The number of hydrogen-bond acceptors (Lipinski definition) is 5. The number of hydrogen-bond donors (Lipinski definition) is 3. The van der Waals surface area contributed by atoms with E-state index >= 15 is 0 Å². The van der Waals surface area contributed by atoms with Crippen molar-refractivity contribution >= 4 is 23.3 Å². The lowest BCUT2D eigenvalue weighted by molar-refractivity contribution is -0.137. The molecule has 0 aliphatic rings. The molecular formula is C25H22F4N6O3. The number of nitrogens with one attached hydrogen (secondary N) is 3. The first-order valence-corrected chi connectivity index (χ1v) is 10.9. The molecule has 1 aromatic heterocycles. The zero-order valence-electron chi connectivity index (χ0n) is 20.1. The second kappa shape index (κ2) is 11.9. The smallest absolute Gasteiger partial charge is 0.416 e. The van der Waals surface area contributed by atoms with Crippen molar-refractivity contribution in [1.29, 1.82) is 0 Å². The topological polar surface area (TPSA) is 110 Å². The molecule has 0 bridgehead atoms. The van der Waals surface area contributed by atoms with Crippen LogP contribution in [0.4, 0.5) is 33.7 Å². The van der Waals surface area contributed by atoms with Crippen LogP contribution >= 0.6 is 0 Å². The summed E-state index contributed by atoms with van der Waals surface area (Å²) < 4.78 is 61.2. The van der Waals surface area contributed by atoms with Gasteiger partial charge < -0.3 is 20.7 Å². The molecule has 0 atom stereocenters. The van der Waals surface area contributed by atoms with Crippen LogP contribution in [0, 0.1) is 5.82 Å². The summed E-state index contributed by atoms with van der Waals surface area (Å²) in [5.41, 5.74) is -1.29. The minimum Gasteiger partial charge on any atom is -0.457 e. The number of nitrogens with zero attached hydrogens (tertiary/aromatic N) is 3. The van der Waals surface area contributed by atoms with Crippen molar-refractivity contribution in [3.05, 3.63) is 96.3 Å². The normalized spacial score (nSPS) is 11.8. The van der Waals surface area contributed by atoms with Gasteiger partial charge in [0.25, 0.3) is 5.91 Å². The van der Waals surface area contributed by atoms with Crippen molar-refractivity contribution < 1.29 is 31.9 Å². The van der Waals surface area contributed by atoms with Gasteiger partial charge in [0.15, 0.2) is 0 Å². The second-order valence-electron chi connectivity index (χ2n) is 7.55. The SMILES string of the molecule is C=C(/C=C(\C=C/C)Oc1ccc(NC(=O)Nc2cc(C(F)(F)F)ccc2-n2ccnn2)c(F)c1)C(=O)NC. The zero-order valence-corrected chi connectivity index (χ0v) is 20.1. The molecule has 0 aliphatic carbocycles. The van der Waals surface area contributed by atoms with E-state index in [9.17, 15) is 27.2 Å². The number of urea groups is 1. The third-order valence-electron chi connectivity index (χ3n) is 4.83. The van der Waals surface area contributed by atoms with Crippen molar-refractivity contribution in [3.8, 4) is 11.4 Å². The van der Waals surface area contributed by atoms with E-state index in [1.54, 1.807) is 13.0 Å². The van der Waals surface area contributed by atoms with Gasteiger partial charge >= 0.3 is 12.2 Å². The summed E-state index contributed by atoms with van der Waals surface area (Å²) in [6.45, 7) is 5.34. The van der Waals surface area contributed by atoms with Gasteiger partial charge in [0, 0.05) is 18.7 Å². The van der Waals surface area contributed by atoms with E-state index in [-0.39, 0.29) is 34.1 Å². The fraction of sp³-hybridized carbons (Fsp3) is 0.120. The van der Waals surface area contributed by atoms with Crippen LogP contribution < -0.4 is 20.7 Å². The number of carbonyl (C=O) groups is 2. The number of aromatic nitrogens is 3. The Hall–Kier alpha value is -4.94. The summed E-state index contributed by atoms with van der Waals surface area (Å²) in [6, 6.07) is 5.22. The largest absolute Gasteiger partial charge is 0.457 e. The number of benzene rings is 2. The van der Waals surface area contributed by atoms with Gasteiger partial charge in [-0.05, 0) is 49.4 Å². The number of rotatable bonds is 8. The summed E-state index contributed by atoms with van der Waals surface area (Å²) in [5, 5.41) is 14.3. The number of amides is 3. The molecule has 0 saturated heterocycles. The molecule has 38 heavy (non-hydrogen) atoms. The fourth-order valence-corrected chi connectivity index (χ4v) is 3.10. The van der Waals surface area contributed by atoms with Crippen molar-refractivity contribution in [2.75, 3.05) is 17.7 Å². The Labute approximate surface area is 214 Å². The van der Waals surface area contributed by atoms with Gasteiger partial charge in [-0.1, -0.05) is 17.9 Å². The summed E-state index contributed by atoms with van der Waals surface area (Å²) in [5.74, 6) is -1.07. The predicted octanol–water partition coefficient (Wildman–Crippen LogP) is 5.21. The Balaban J connectivity index is 1.79. The Kier molecular flexibility index (Phi) is 8.63. The van der Waals surface area contributed by atoms with Crippen molar-refractivity contribution in [2.24, 2.45) is 0 Å². The zero-order chi connectivity index (χ0) is 27.9. The van der Waals surface area contributed by atoms with Crippen LogP contribution in [-0.2, 0) is 11.0 Å². The minimum atomic E-state index is -4.66. The molecule has 0 unspecified atom stereocenters. The van der Waals surface area contributed by atoms with Gasteiger partial charge in [-0.15, -0.1) is 5.10 Å². The fourth-order valence-electron chi connectivity index (χ4n) is 3.10. The highest BCUT2D eigenvalue weighted by molar-refractivity contribution is 6.01. The second-order valence-corrected chi connectivity index (χ2v) is 7.55. The Bertz CT molecular complexity index is 1400. The van der Waals surface area contributed by atoms with Gasteiger partial charge in [-0.25, -0.2) is 13.9 Å². The standard InChI is InChI=1S/C25H22F4N6O3/c1-4-5-17(12-15(2)23(36)30-3)38-18-7-8-20(19(26)14-18)32-24(37)33-21-13-16(25(27,28)29)6-9-22(21)35-11-10-31-34-35/h4-14H,2H2,1,3H3,(H,30,36)(H2,32,33,37)/b5-4-,17-12+. The van der Waals surface area contributed by atoms with Crippen LogP contribution in [0.15, 0.2) is 84.9 Å². The molecule has 2 aromatic carbocycles. The van der Waals surface area contributed by atoms with Gasteiger partial charge in [0.2, 0.25) is 0 Å². The maximum absolute atomic E-state index is 14.7. The summed E-state index contributed by atoms with van der Waals surface area (Å²) in [4.78, 5) is 24.3. The van der Waals surface area contributed by atoms with Crippen molar-refractivity contribution in [1.82, 2.24) is 20.3 Å². The lowest BCUT2D eigenvalue weighted by Gasteiger charge is -2.15. The number of alkyl halides is 3. The van der Waals surface area contributed by atoms with Gasteiger partial charge in [-0.2, -0.15) is 13.2 Å². The van der Waals surface area contributed by atoms with Crippen LogP contribution in [0.3, 0.4) is 0 Å². The molecule has 0 saturated carbocycles. The number of ether oxygens (including phenoxy) is 1. The maximum Gasteiger partial charge on any atom is 0.416 e. The van der Waals surface area contributed by atoms with E-state index in [1.165, 1.54) is 43.7 Å². The first kappa shape index (κ1) is 27.6. The number of likely N-dealkylation sites (N-methyl/N-ethyl adjacent to an activating group) is 1. The lowest BCUT2D eigenvalue weighted by atomic mass is 10.1. The van der Waals surface area contributed by atoms with Gasteiger partial charge in [0.1, 0.15) is 17.3 Å². The molecule has 0 radical (unpaired) electrons. The third kappa shape index (κ3) is 7.06. The molecular weight excluding hydrogens is 508 g/mol. The average molecular weight is 530 g/mol. The number of anilines is 2. The quantitative estimate of drug-likeness (QED) is 0.160. The van der Waals surface area contributed by atoms with Gasteiger partial charge in [0.05, 0.1) is 35.0 Å². The first-order valence-electron chi connectivity index (χ1n) is 10.9. The van der Waals surface area contributed by atoms with E-state index < -0.39 is 29.5 Å². The van der Waals surface area contributed by atoms with E-state index in [1.807, 2.05) is 0 Å².